The number of rotatable bonds is 5. The van der Waals surface area contributed by atoms with Gasteiger partial charge in [0.15, 0.2) is 0 Å². The van der Waals surface area contributed by atoms with Crippen molar-refractivity contribution >= 4 is 0 Å². The van der Waals surface area contributed by atoms with Gasteiger partial charge in [-0.3, -0.25) is 0 Å². The molecule has 0 aromatic heterocycles. The van der Waals surface area contributed by atoms with Crippen molar-refractivity contribution in [1.29, 1.82) is 0 Å². The second-order valence-electron chi connectivity index (χ2n) is 4.83. The molecule has 3 heteroatoms. The van der Waals surface area contributed by atoms with Gasteiger partial charge in [0.05, 0.1) is 5.60 Å². The van der Waals surface area contributed by atoms with E-state index in [0.29, 0.717) is 0 Å². The summed E-state index contributed by atoms with van der Waals surface area (Å²) < 4.78 is 0. The molecule has 0 atom stereocenters. The molecule has 0 aromatic carbocycles. The van der Waals surface area contributed by atoms with Crippen LogP contribution in [0.25, 0.3) is 0 Å². The molecule has 0 radical (unpaired) electrons. The summed E-state index contributed by atoms with van der Waals surface area (Å²) in [6.45, 7) is 8.11. The summed E-state index contributed by atoms with van der Waals surface area (Å²) in [5.41, 5.74) is -0.456. The lowest BCUT2D eigenvalue weighted by atomic mass is 9.92. The summed E-state index contributed by atoms with van der Waals surface area (Å²) in [6, 6.07) is 0. The Balaban J connectivity index is 2.09. The third kappa shape index (κ3) is 4.40. The van der Waals surface area contributed by atoms with Crippen LogP contribution < -0.4 is 10.6 Å². The Bertz CT molecular complexity index is 153. The summed E-state index contributed by atoms with van der Waals surface area (Å²) in [5.74, 6) is 0.741. The van der Waals surface area contributed by atoms with E-state index >= 15 is 0 Å². The normalized spacial score (nSPS) is 21.4. The van der Waals surface area contributed by atoms with Crippen LogP contribution in [-0.4, -0.2) is 36.9 Å². The van der Waals surface area contributed by atoms with Gasteiger partial charge in [-0.05, 0) is 44.8 Å². The van der Waals surface area contributed by atoms with Crippen LogP contribution in [0.3, 0.4) is 0 Å². The molecule has 0 aromatic rings. The first-order chi connectivity index (χ1) is 6.62. The summed E-state index contributed by atoms with van der Waals surface area (Å²) >= 11 is 0. The van der Waals surface area contributed by atoms with E-state index in [1.807, 2.05) is 0 Å². The molecule has 0 aliphatic carbocycles. The van der Waals surface area contributed by atoms with Gasteiger partial charge >= 0.3 is 0 Å². The van der Waals surface area contributed by atoms with Crippen molar-refractivity contribution in [1.82, 2.24) is 10.6 Å². The number of hydrogen-bond acceptors (Lipinski definition) is 3. The molecule has 1 fully saturated rings. The monoisotopic (exact) mass is 200 g/mol. The Morgan fingerprint density at radius 1 is 1.36 bits per heavy atom. The van der Waals surface area contributed by atoms with E-state index in [2.05, 4.69) is 24.5 Å². The van der Waals surface area contributed by atoms with Crippen molar-refractivity contribution in [2.75, 3.05) is 26.2 Å². The van der Waals surface area contributed by atoms with Crippen LogP contribution in [0.1, 0.15) is 33.1 Å². The van der Waals surface area contributed by atoms with E-state index in [9.17, 15) is 5.11 Å². The maximum atomic E-state index is 10.1. The Morgan fingerprint density at radius 3 is 2.57 bits per heavy atom. The average Bonchev–Trinajstić information content (AvgIpc) is 2.14. The zero-order chi connectivity index (χ0) is 10.4. The molecule has 1 aliphatic rings. The minimum absolute atomic E-state index is 0.456. The molecule has 1 heterocycles. The van der Waals surface area contributed by atoms with Gasteiger partial charge in [-0.15, -0.1) is 0 Å². The summed E-state index contributed by atoms with van der Waals surface area (Å²) in [6.07, 6.45) is 2.94. The Kier molecular flexibility index (Phi) is 4.85. The first-order valence-corrected chi connectivity index (χ1v) is 5.76. The van der Waals surface area contributed by atoms with Crippen LogP contribution in [0.4, 0.5) is 0 Å². The van der Waals surface area contributed by atoms with Crippen LogP contribution in [0.15, 0.2) is 0 Å². The highest BCUT2D eigenvalue weighted by molar-refractivity contribution is 4.86. The van der Waals surface area contributed by atoms with Crippen molar-refractivity contribution in [3.63, 3.8) is 0 Å². The molecule has 3 nitrogen and oxygen atoms in total. The maximum absolute atomic E-state index is 10.1. The van der Waals surface area contributed by atoms with Crippen molar-refractivity contribution in [2.24, 2.45) is 5.92 Å². The van der Waals surface area contributed by atoms with E-state index in [-0.39, 0.29) is 0 Å². The zero-order valence-electron chi connectivity index (χ0n) is 9.47. The summed E-state index contributed by atoms with van der Waals surface area (Å²) in [4.78, 5) is 0. The molecule has 3 N–H and O–H groups in total. The number of aliphatic hydroxyl groups is 1. The molecule has 0 spiro atoms. The SMILES string of the molecule is CC(C)CCNCC1(O)CCNCC1. The van der Waals surface area contributed by atoms with E-state index in [0.717, 1.165) is 44.9 Å². The number of piperidine rings is 1. The minimum Gasteiger partial charge on any atom is -0.388 e. The molecule has 14 heavy (non-hydrogen) atoms. The van der Waals surface area contributed by atoms with E-state index in [1.165, 1.54) is 6.42 Å². The van der Waals surface area contributed by atoms with Crippen molar-refractivity contribution < 1.29 is 5.11 Å². The standard InChI is InChI=1S/C11H24N2O/c1-10(2)3-6-13-9-11(14)4-7-12-8-5-11/h10,12-14H,3-9H2,1-2H3. The van der Waals surface area contributed by atoms with Gasteiger partial charge < -0.3 is 15.7 Å². The summed E-state index contributed by atoms with van der Waals surface area (Å²) in [5, 5.41) is 16.7. The third-order valence-corrected chi connectivity index (χ3v) is 2.89. The van der Waals surface area contributed by atoms with Gasteiger partial charge in [-0.1, -0.05) is 13.8 Å². The molecule has 1 rings (SSSR count). The molecule has 0 amide bonds. The van der Waals surface area contributed by atoms with E-state index in [1.54, 1.807) is 0 Å². The van der Waals surface area contributed by atoms with Crippen molar-refractivity contribution in [3.8, 4) is 0 Å². The minimum atomic E-state index is -0.456. The molecule has 0 bridgehead atoms. The fourth-order valence-electron chi connectivity index (χ4n) is 1.78. The van der Waals surface area contributed by atoms with Crippen LogP contribution in [0.5, 0.6) is 0 Å². The second kappa shape index (κ2) is 5.69. The Morgan fingerprint density at radius 2 is 2.00 bits per heavy atom. The predicted molar refractivity (Wildman–Crippen MR) is 59.4 cm³/mol. The lowest BCUT2D eigenvalue weighted by Gasteiger charge is -2.32. The predicted octanol–water partition coefficient (Wildman–Crippen LogP) is 0.737. The second-order valence-corrected chi connectivity index (χ2v) is 4.83. The van der Waals surface area contributed by atoms with Crippen molar-refractivity contribution in [3.05, 3.63) is 0 Å². The lowest BCUT2D eigenvalue weighted by Crippen LogP contribution is -2.48. The first kappa shape index (κ1) is 12.0. The van der Waals surface area contributed by atoms with Gasteiger partial charge in [-0.25, -0.2) is 0 Å². The average molecular weight is 200 g/mol. The van der Waals surface area contributed by atoms with Crippen LogP contribution in [0.2, 0.25) is 0 Å². The van der Waals surface area contributed by atoms with E-state index < -0.39 is 5.60 Å². The Hall–Kier alpha value is -0.120. The fourth-order valence-corrected chi connectivity index (χ4v) is 1.78. The molecule has 84 valence electrons. The quantitative estimate of drug-likeness (QED) is 0.573. The van der Waals surface area contributed by atoms with Crippen LogP contribution in [-0.2, 0) is 0 Å². The smallest absolute Gasteiger partial charge is 0.0795 e. The van der Waals surface area contributed by atoms with Crippen molar-refractivity contribution in [2.45, 2.75) is 38.7 Å². The summed E-state index contributed by atoms with van der Waals surface area (Å²) in [7, 11) is 0. The largest absolute Gasteiger partial charge is 0.388 e. The lowest BCUT2D eigenvalue weighted by molar-refractivity contribution is 0.0112. The zero-order valence-corrected chi connectivity index (χ0v) is 9.47. The van der Waals surface area contributed by atoms with Crippen LogP contribution in [0, 0.1) is 5.92 Å². The van der Waals surface area contributed by atoms with E-state index in [4.69, 9.17) is 0 Å². The van der Waals surface area contributed by atoms with Gasteiger partial charge in [0.2, 0.25) is 0 Å². The van der Waals surface area contributed by atoms with Gasteiger partial charge in [-0.2, -0.15) is 0 Å². The highest BCUT2D eigenvalue weighted by Crippen LogP contribution is 2.16. The molecule has 1 saturated heterocycles. The number of nitrogens with one attached hydrogen (secondary N) is 2. The topological polar surface area (TPSA) is 44.3 Å². The van der Waals surface area contributed by atoms with Crippen LogP contribution >= 0.6 is 0 Å². The molecule has 1 aliphatic heterocycles. The van der Waals surface area contributed by atoms with Gasteiger partial charge in [0.1, 0.15) is 0 Å². The first-order valence-electron chi connectivity index (χ1n) is 5.76. The highest BCUT2D eigenvalue weighted by atomic mass is 16.3. The molecular weight excluding hydrogens is 176 g/mol. The number of hydrogen-bond donors (Lipinski definition) is 3. The fraction of sp³-hybridized carbons (Fsp3) is 1.00. The molecule has 0 saturated carbocycles. The molecule has 0 unspecified atom stereocenters. The van der Waals surface area contributed by atoms with Gasteiger partial charge in [0, 0.05) is 6.54 Å². The van der Waals surface area contributed by atoms with Gasteiger partial charge in [0.25, 0.3) is 0 Å². The third-order valence-electron chi connectivity index (χ3n) is 2.89. The maximum Gasteiger partial charge on any atom is 0.0795 e. The molecular formula is C11H24N2O. The Labute approximate surface area is 87.3 Å². The highest BCUT2D eigenvalue weighted by Gasteiger charge is 2.28.